The summed E-state index contributed by atoms with van der Waals surface area (Å²) in [4.78, 5) is 9.40. The fourth-order valence-corrected chi connectivity index (χ4v) is 0.243. The van der Waals surface area contributed by atoms with Crippen LogP contribution in [-0.4, -0.2) is 18.2 Å². The number of alkyl halides is 1. The highest BCUT2D eigenvalue weighted by atomic mass is 35.5. The molecule has 0 saturated carbocycles. The van der Waals surface area contributed by atoms with Gasteiger partial charge in [0.05, 0.1) is 5.38 Å². The smallest absolute Gasteiger partial charge is 0.439 e. The maximum absolute atomic E-state index is 11.1. The minimum absolute atomic E-state index is 0.0725. The Morgan fingerprint density at radius 2 is 2.50 bits per heavy atom. The number of hydrogen-bond donors (Lipinski definition) is 0. The Morgan fingerprint density at radius 3 is 2.62 bits per heavy atom. The molecule has 0 aliphatic rings. The zero-order valence-electron chi connectivity index (χ0n) is 4.36. The van der Waals surface area contributed by atoms with Crippen molar-refractivity contribution >= 4 is 17.8 Å². The fourth-order valence-electron chi connectivity index (χ4n) is 0.180. The van der Waals surface area contributed by atoms with E-state index < -0.39 is 6.22 Å². The first-order valence-corrected chi connectivity index (χ1v) is 2.53. The van der Waals surface area contributed by atoms with Crippen molar-refractivity contribution in [2.45, 2.75) is 12.3 Å². The standard InChI is InChI=1S/C4H6ClFO2/c1-3(5)2-8-4(6)7/h3H,2H2,1H3. The summed E-state index contributed by atoms with van der Waals surface area (Å²) in [5.41, 5.74) is 0. The van der Waals surface area contributed by atoms with Crippen LogP contribution in [0.2, 0.25) is 0 Å². The van der Waals surface area contributed by atoms with Gasteiger partial charge in [-0.25, -0.2) is 4.79 Å². The molecule has 2 nitrogen and oxygen atoms in total. The van der Waals surface area contributed by atoms with E-state index in [2.05, 4.69) is 4.74 Å². The molecule has 0 aliphatic carbocycles. The number of halogens is 2. The van der Waals surface area contributed by atoms with Gasteiger partial charge in [0.1, 0.15) is 6.61 Å². The second kappa shape index (κ2) is 3.66. The van der Waals surface area contributed by atoms with Gasteiger partial charge in [0.2, 0.25) is 0 Å². The molecule has 0 aromatic heterocycles. The number of rotatable bonds is 2. The summed E-state index contributed by atoms with van der Waals surface area (Å²) in [6.07, 6.45) is -1.78. The Hall–Kier alpha value is -0.310. The van der Waals surface area contributed by atoms with Gasteiger partial charge in [-0.15, -0.1) is 16.0 Å². The van der Waals surface area contributed by atoms with Crippen LogP contribution in [-0.2, 0) is 4.74 Å². The van der Waals surface area contributed by atoms with Crippen LogP contribution in [0.25, 0.3) is 0 Å². The topological polar surface area (TPSA) is 26.3 Å². The average molecular weight is 141 g/mol. The van der Waals surface area contributed by atoms with Gasteiger partial charge >= 0.3 is 6.22 Å². The van der Waals surface area contributed by atoms with Crippen molar-refractivity contribution in [2.24, 2.45) is 0 Å². The summed E-state index contributed by atoms with van der Waals surface area (Å²) in [5, 5.41) is -0.324. The Bertz CT molecular complexity index is 84.1. The predicted molar refractivity (Wildman–Crippen MR) is 27.8 cm³/mol. The maximum Gasteiger partial charge on any atom is 0.495 e. The Kier molecular flexibility index (Phi) is 3.52. The van der Waals surface area contributed by atoms with Gasteiger partial charge in [0, 0.05) is 0 Å². The number of hydrogen-bond acceptors (Lipinski definition) is 2. The van der Waals surface area contributed by atoms with Crippen molar-refractivity contribution in [1.82, 2.24) is 0 Å². The highest BCUT2D eigenvalue weighted by molar-refractivity contribution is 6.20. The molecule has 0 rings (SSSR count). The first kappa shape index (κ1) is 7.69. The van der Waals surface area contributed by atoms with Crippen molar-refractivity contribution in [1.29, 1.82) is 0 Å². The summed E-state index contributed by atoms with van der Waals surface area (Å²) >= 11 is 5.28. The maximum atomic E-state index is 11.1. The van der Waals surface area contributed by atoms with E-state index in [9.17, 15) is 9.18 Å². The van der Waals surface area contributed by atoms with Crippen molar-refractivity contribution in [3.8, 4) is 0 Å². The monoisotopic (exact) mass is 140 g/mol. The van der Waals surface area contributed by atoms with Gasteiger partial charge in [0.25, 0.3) is 0 Å². The first-order chi connectivity index (χ1) is 3.63. The lowest BCUT2D eigenvalue weighted by Crippen LogP contribution is -2.05. The van der Waals surface area contributed by atoms with E-state index in [1.54, 1.807) is 6.92 Å². The molecular weight excluding hydrogens is 134 g/mol. The van der Waals surface area contributed by atoms with Crippen LogP contribution in [0.1, 0.15) is 6.92 Å². The normalized spacial score (nSPS) is 12.9. The summed E-state index contributed by atoms with van der Waals surface area (Å²) in [5.74, 6) is 0. The van der Waals surface area contributed by atoms with Crippen LogP contribution < -0.4 is 0 Å². The average Bonchev–Trinajstić information content (AvgIpc) is 1.61. The third-order valence-corrected chi connectivity index (χ3v) is 0.552. The summed E-state index contributed by atoms with van der Waals surface area (Å²) in [7, 11) is 0. The number of ether oxygens (including phenoxy) is 1. The summed E-state index contributed by atoms with van der Waals surface area (Å²) < 4.78 is 15.0. The van der Waals surface area contributed by atoms with Crippen LogP contribution in [0, 0.1) is 0 Å². The molecule has 0 saturated heterocycles. The Labute approximate surface area is 51.6 Å². The van der Waals surface area contributed by atoms with Gasteiger partial charge in [-0.3, -0.25) is 0 Å². The van der Waals surface area contributed by atoms with Crippen LogP contribution >= 0.6 is 11.6 Å². The van der Waals surface area contributed by atoms with Crippen LogP contribution in [0.3, 0.4) is 0 Å². The molecule has 0 radical (unpaired) electrons. The first-order valence-electron chi connectivity index (χ1n) is 2.09. The van der Waals surface area contributed by atoms with Crippen molar-refractivity contribution in [3.05, 3.63) is 0 Å². The van der Waals surface area contributed by atoms with E-state index in [0.29, 0.717) is 0 Å². The van der Waals surface area contributed by atoms with Crippen molar-refractivity contribution in [2.75, 3.05) is 6.61 Å². The minimum Gasteiger partial charge on any atom is -0.439 e. The van der Waals surface area contributed by atoms with E-state index in [0.717, 1.165) is 0 Å². The zero-order valence-corrected chi connectivity index (χ0v) is 5.11. The lowest BCUT2D eigenvalue weighted by atomic mass is 10.5. The predicted octanol–water partition coefficient (Wildman–Crippen LogP) is 1.72. The van der Waals surface area contributed by atoms with Gasteiger partial charge < -0.3 is 4.74 Å². The molecule has 0 bridgehead atoms. The molecule has 1 unspecified atom stereocenters. The van der Waals surface area contributed by atoms with Crippen molar-refractivity contribution < 1.29 is 13.9 Å². The SMILES string of the molecule is CC(Cl)COC(=O)F. The summed E-state index contributed by atoms with van der Waals surface area (Å²) in [6.45, 7) is 1.53. The highest BCUT2D eigenvalue weighted by Gasteiger charge is 2.00. The molecule has 0 amide bonds. The third-order valence-electron chi connectivity index (χ3n) is 0.426. The molecule has 0 aromatic rings. The number of carbonyl (C=O) groups excluding carboxylic acids is 1. The second-order valence-electron chi connectivity index (χ2n) is 1.33. The Morgan fingerprint density at radius 1 is 2.00 bits per heavy atom. The molecule has 4 heteroatoms. The number of carbonyl (C=O) groups is 1. The lowest BCUT2D eigenvalue weighted by Gasteiger charge is -1.98. The van der Waals surface area contributed by atoms with Crippen LogP contribution in [0.15, 0.2) is 0 Å². The molecule has 1 atom stereocenters. The molecule has 0 heterocycles. The van der Waals surface area contributed by atoms with Gasteiger partial charge in [-0.05, 0) is 6.92 Å². The molecular formula is C4H6ClFO2. The van der Waals surface area contributed by atoms with E-state index >= 15 is 0 Å². The van der Waals surface area contributed by atoms with Crippen LogP contribution in [0.5, 0.6) is 0 Å². The van der Waals surface area contributed by atoms with Crippen molar-refractivity contribution in [3.63, 3.8) is 0 Å². The molecule has 0 aliphatic heterocycles. The molecule has 0 fully saturated rings. The van der Waals surface area contributed by atoms with Crippen LogP contribution in [0.4, 0.5) is 9.18 Å². The Balaban J connectivity index is 3.05. The third kappa shape index (κ3) is 5.69. The highest BCUT2D eigenvalue weighted by Crippen LogP contribution is 1.94. The quantitative estimate of drug-likeness (QED) is 0.431. The lowest BCUT2D eigenvalue weighted by molar-refractivity contribution is 0.122. The fraction of sp³-hybridized carbons (Fsp3) is 0.750. The van der Waals surface area contributed by atoms with E-state index in [1.165, 1.54) is 0 Å². The second-order valence-corrected chi connectivity index (χ2v) is 2.07. The van der Waals surface area contributed by atoms with Gasteiger partial charge in [0.15, 0.2) is 0 Å². The van der Waals surface area contributed by atoms with Gasteiger partial charge in [-0.2, -0.15) is 0 Å². The van der Waals surface area contributed by atoms with Gasteiger partial charge in [-0.1, -0.05) is 0 Å². The molecule has 8 heavy (non-hydrogen) atoms. The summed E-state index contributed by atoms with van der Waals surface area (Å²) in [6, 6.07) is 0. The van der Waals surface area contributed by atoms with E-state index in [1.807, 2.05) is 0 Å². The van der Waals surface area contributed by atoms with E-state index in [4.69, 9.17) is 11.6 Å². The minimum atomic E-state index is -1.78. The largest absolute Gasteiger partial charge is 0.495 e. The zero-order chi connectivity index (χ0) is 6.57. The molecule has 0 spiro atoms. The molecule has 48 valence electrons. The molecule has 0 aromatic carbocycles. The molecule has 0 N–H and O–H groups in total. The van der Waals surface area contributed by atoms with E-state index in [-0.39, 0.29) is 12.0 Å².